The van der Waals surface area contributed by atoms with E-state index >= 15 is 0 Å². The van der Waals surface area contributed by atoms with Crippen molar-refractivity contribution in [1.29, 1.82) is 5.41 Å². The molecule has 10 nitrogen and oxygen atoms in total. The zero-order chi connectivity index (χ0) is 14.3. The fourth-order valence-electron chi connectivity index (χ4n) is 1.22. The van der Waals surface area contributed by atoms with Crippen LogP contribution >= 0.6 is 12.4 Å². The van der Waals surface area contributed by atoms with Crippen LogP contribution in [0.2, 0.25) is 0 Å². The van der Waals surface area contributed by atoms with Crippen LogP contribution in [0.15, 0.2) is 0 Å². The van der Waals surface area contributed by atoms with Crippen LogP contribution in [0.5, 0.6) is 0 Å². The Bertz CT molecular complexity index is 315. The van der Waals surface area contributed by atoms with Gasteiger partial charge in [0.1, 0.15) is 0 Å². The van der Waals surface area contributed by atoms with Gasteiger partial charge in [-0.1, -0.05) is 5.01 Å². The molecular formula is C8H18ClN5O5. The molecule has 0 aliphatic carbocycles. The molecule has 0 saturated carbocycles. The molecule has 0 rings (SSSR count). The lowest BCUT2D eigenvalue weighted by atomic mass is 10.1. The minimum atomic E-state index is -1.48. The van der Waals surface area contributed by atoms with Crippen LogP contribution in [0.4, 0.5) is 0 Å². The fourth-order valence-corrected chi connectivity index (χ4v) is 1.22. The van der Waals surface area contributed by atoms with Gasteiger partial charge in [0, 0.05) is 6.04 Å². The highest BCUT2D eigenvalue weighted by atomic mass is 35.5. The van der Waals surface area contributed by atoms with Crippen LogP contribution in [0.3, 0.4) is 0 Å². The van der Waals surface area contributed by atoms with Crippen LogP contribution in [0, 0.1) is 15.5 Å². The van der Waals surface area contributed by atoms with Gasteiger partial charge in [0.05, 0.1) is 13.7 Å². The lowest BCUT2D eigenvalue weighted by Crippen LogP contribution is -2.44. The Morgan fingerprint density at radius 3 is 2.53 bits per heavy atom. The topological polar surface area (TPSA) is 169 Å². The number of nitrogens with one attached hydrogen (secondary N) is 1. The summed E-state index contributed by atoms with van der Waals surface area (Å²) in [6, 6.07) is -0.891. The van der Waals surface area contributed by atoms with Gasteiger partial charge >= 0.3 is 5.97 Å². The number of carbonyl (C=O) groups is 1. The lowest BCUT2D eigenvalue weighted by molar-refractivity contribution is -0.629. The molecule has 112 valence electrons. The maximum atomic E-state index is 10.9. The molecule has 0 aliphatic rings. The van der Waals surface area contributed by atoms with E-state index < -0.39 is 29.1 Å². The van der Waals surface area contributed by atoms with E-state index in [-0.39, 0.29) is 31.8 Å². The first kappa shape index (κ1) is 19.7. The molecule has 0 radical (unpaired) electrons. The molecular weight excluding hydrogens is 282 g/mol. The number of esters is 1. The molecule has 19 heavy (non-hydrogen) atoms. The van der Waals surface area contributed by atoms with Gasteiger partial charge in [0.25, 0.3) is 5.96 Å². The number of hydrazine groups is 1. The second-order valence-corrected chi connectivity index (χ2v) is 3.52. The van der Waals surface area contributed by atoms with Crippen molar-refractivity contribution in [2.75, 3.05) is 13.7 Å². The van der Waals surface area contributed by atoms with E-state index in [0.29, 0.717) is 5.01 Å². The molecule has 0 aliphatic heterocycles. The van der Waals surface area contributed by atoms with Crippen LogP contribution < -0.4 is 11.5 Å². The van der Waals surface area contributed by atoms with Crippen molar-refractivity contribution < 1.29 is 19.7 Å². The standard InChI is InChI=1S/C8H17N5O5.ClH/c1-18-7(15)6(14)5(9)3-2-4-12(8(10)11)13(16)17;/h5-6,14H,2-4,9H2,1H3,(H3,10,11);1H. The number of methoxy groups -OCH3 is 1. The maximum Gasteiger partial charge on any atom is 0.336 e. The van der Waals surface area contributed by atoms with Crippen molar-refractivity contribution in [3.63, 3.8) is 0 Å². The predicted octanol–water partition coefficient (Wildman–Crippen LogP) is -1.56. The van der Waals surface area contributed by atoms with Gasteiger partial charge in [0.2, 0.25) is 0 Å². The molecule has 0 heterocycles. The number of aliphatic hydroxyl groups excluding tert-OH is 1. The van der Waals surface area contributed by atoms with E-state index in [1.165, 1.54) is 0 Å². The van der Waals surface area contributed by atoms with Crippen LogP contribution in [0.25, 0.3) is 0 Å². The Balaban J connectivity index is 0. The molecule has 0 spiro atoms. The molecule has 0 amide bonds. The summed E-state index contributed by atoms with van der Waals surface area (Å²) < 4.78 is 4.30. The van der Waals surface area contributed by atoms with E-state index in [1.54, 1.807) is 0 Å². The second-order valence-electron chi connectivity index (χ2n) is 3.52. The molecule has 0 aromatic rings. The summed E-state index contributed by atoms with van der Waals surface area (Å²) in [4.78, 5) is 21.4. The van der Waals surface area contributed by atoms with E-state index in [1.807, 2.05) is 0 Å². The number of hydrogen-bond donors (Lipinski definition) is 4. The second kappa shape index (κ2) is 9.30. The maximum absolute atomic E-state index is 10.9. The number of aliphatic hydroxyl groups is 1. The number of nitrogens with two attached hydrogens (primary N) is 2. The number of nitro groups is 1. The highest BCUT2D eigenvalue weighted by molar-refractivity contribution is 5.85. The largest absolute Gasteiger partial charge is 0.467 e. The number of nitrogens with zero attached hydrogens (tertiary/aromatic N) is 2. The zero-order valence-corrected chi connectivity index (χ0v) is 11.1. The third-order valence-corrected chi connectivity index (χ3v) is 2.23. The van der Waals surface area contributed by atoms with Crippen molar-refractivity contribution >= 4 is 24.3 Å². The Labute approximate surface area is 115 Å². The molecule has 0 bridgehead atoms. The first-order valence-corrected chi connectivity index (χ1v) is 5.08. The number of ether oxygens (including phenoxy) is 1. The monoisotopic (exact) mass is 299 g/mol. The first-order chi connectivity index (χ1) is 8.31. The quantitative estimate of drug-likeness (QED) is 0.144. The van der Waals surface area contributed by atoms with Gasteiger partial charge < -0.3 is 21.3 Å². The number of hydrogen-bond acceptors (Lipinski definition) is 7. The van der Waals surface area contributed by atoms with E-state index in [9.17, 15) is 20.0 Å². The SMILES string of the molecule is COC(=O)C(O)C(N)CCCN(C(=N)N)[N+](=O)[O-].Cl. The fraction of sp³-hybridized carbons (Fsp3) is 0.750. The normalized spacial score (nSPS) is 12.8. The zero-order valence-electron chi connectivity index (χ0n) is 10.3. The molecule has 11 heteroatoms. The summed E-state index contributed by atoms with van der Waals surface area (Å²) in [5.41, 5.74) is 10.5. The van der Waals surface area contributed by atoms with E-state index in [4.69, 9.17) is 16.9 Å². The van der Waals surface area contributed by atoms with Gasteiger partial charge in [-0.3, -0.25) is 5.41 Å². The highest BCUT2D eigenvalue weighted by Gasteiger charge is 2.24. The average molecular weight is 300 g/mol. The van der Waals surface area contributed by atoms with Crippen LogP contribution in [-0.4, -0.2) is 52.9 Å². The summed E-state index contributed by atoms with van der Waals surface area (Å²) in [6.07, 6.45) is -1.14. The van der Waals surface area contributed by atoms with Gasteiger partial charge in [-0.15, -0.1) is 12.4 Å². The Kier molecular flexibility index (Phi) is 9.64. The number of carbonyl (C=O) groups excluding carboxylic acids is 1. The van der Waals surface area contributed by atoms with Crippen molar-refractivity contribution in [2.45, 2.75) is 25.0 Å². The predicted molar refractivity (Wildman–Crippen MR) is 68.1 cm³/mol. The highest BCUT2D eigenvalue weighted by Crippen LogP contribution is 2.03. The van der Waals surface area contributed by atoms with E-state index in [2.05, 4.69) is 4.74 Å². The summed E-state index contributed by atoms with van der Waals surface area (Å²) in [7, 11) is 1.11. The molecule has 2 atom stereocenters. The Morgan fingerprint density at radius 1 is 1.63 bits per heavy atom. The molecule has 6 N–H and O–H groups in total. The molecule has 0 saturated heterocycles. The molecule has 0 aromatic carbocycles. The van der Waals surface area contributed by atoms with Gasteiger partial charge in [-0.2, -0.15) is 0 Å². The minimum Gasteiger partial charge on any atom is -0.467 e. The molecule has 2 unspecified atom stereocenters. The molecule has 0 fully saturated rings. The van der Waals surface area contributed by atoms with Crippen molar-refractivity contribution in [3.05, 3.63) is 10.1 Å². The van der Waals surface area contributed by atoms with Gasteiger partial charge in [0.15, 0.2) is 11.1 Å². The number of halogens is 1. The van der Waals surface area contributed by atoms with Crippen LogP contribution in [-0.2, 0) is 9.53 Å². The number of rotatable bonds is 7. The van der Waals surface area contributed by atoms with Gasteiger partial charge in [-0.05, 0) is 12.8 Å². The summed E-state index contributed by atoms with van der Waals surface area (Å²) in [5.74, 6) is -1.55. The Hall–Kier alpha value is -1.65. The smallest absolute Gasteiger partial charge is 0.336 e. The lowest BCUT2D eigenvalue weighted by Gasteiger charge is -2.17. The third-order valence-electron chi connectivity index (χ3n) is 2.23. The Morgan fingerprint density at radius 2 is 2.16 bits per heavy atom. The number of guanidine groups is 1. The average Bonchev–Trinajstić information content (AvgIpc) is 2.31. The van der Waals surface area contributed by atoms with E-state index in [0.717, 1.165) is 7.11 Å². The summed E-state index contributed by atoms with van der Waals surface area (Å²) >= 11 is 0. The summed E-state index contributed by atoms with van der Waals surface area (Å²) in [6.45, 7) is -0.135. The summed E-state index contributed by atoms with van der Waals surface area (Å²) in [5, 5.41) is 26.4. The third kappa shape index (κ3) is 6.74. The molecule has 0 aromatic heterocycles. The first-order valence-electron chi connectivity index (χ1n) is 5.08. The minimum absolute atomic E-state index is 0. The van der Waals surface area contributed by atoms with Crippen molar-refractivity contribution in [2.24, 2.45) is 11.5 Å². The van der Waals surface area contributed by atoms with Crippen LogP contribution in [0.1, 0.15) is 12.8 Å². The van der Waals surface area contributed by atoms with Crippen molar-refractivity contribution in [1.82, 2.24) is 5.01 Å². The van der Waals surface area contributed by atoms with Gasteiger partial charge in [-0.25, -0.2) is 14.9 Å². The van der Waals surface area contributed by atoms with Crippen molar-refractivity contribution in [3.8, 4) is 0 Å².